The lowest BCUT2D eigenvalue weighted by Crippen LogP contribution is -2.39. The zero-order valence-corrected chi connectivity index (χ0v) is 12.8. The summed E-state index contributed by atoms with van der Waals surface area (Å²) in [6.45, 7) is 1.31. The Hall–Kier alpha value is -2.70. The van der Waals surface area contributed by atoms with E-state index in [1.807, 2.05) is 18.2 Å². The van der Waals surface area contributed by atoms with Crippen LogP contribution in [0.5, 0.6) is 0 Å². The molecule has 120 valence electrons. The molecule has 0 saturated carbocycles. The number of hydrogen-bond donors (Lipinski definition) is 1. The Labute approximate surface area is 134 Å². The van der Waals surface area contributed by atoms with Gasteiger partial charge in [0.05, 0.1) is 6.20 Å². The molecule has 2 amide bonds. The van der Waals surface area contributed by atoms with Gasteiger partial charge in [-0.05, 0) is 18.4 Å². The molecule has 2 heterocycles. The van der Waals surface area contributed by atoms with E-state index in [0.29, 0.717) is 19.0 Å². The van der Waals surface area contributed by atoms with Crippen LogP contribution in [0.15, 0.2) is 36.5 Å². The summed E-state index contributed by atoms with van der Waals surface area (Å²) in [6.07, 6.45) is 3.50. The summed E-state index contributed by atoms with van der Waals surface area (Å²) in [5.74, 6) is -0.327. The number of nitrogens with zero attached hydrogens (tertiary/aromatic N) is 4. The van der Waals surface area contributed by atoms with Gasteiger partial charge in [0.25, 0.3) is 5.91 Å². The molecule has 0 bridgehead atoms. The molecule has 7 nitrogen and oxygen atoms in total. The number of piperidine rings is 1. The molecule has 1 saturated heterocycles. The van der Waals surface area contributed by atoms with Crippen LogP contribution in [0.4, 0.5) is 0 Å². The SMILES string of the molecule is NC(=O)Cn1cc(C(=O)N2CCCC(c3ccccc3)C2)nn1. The molecule has 0 spiro atoms. The summed E-state index contributed by atoms with van der Waals surface area (Å²) in [4.78, 5) is 25.3. The maximum Gasteiger partial charge on any atom is 0.276 e. The van der Waals surface area contributed by atoms with Crippen molar-refractivity contribution in [2.24, 2.45) is 5.73 Å². The minimum Gasteiger partial charge on any atom is -0.368 e. The standard InChI is InChI=1S/C16H19N5O2/c17-15(22)11-21-10-14(18-19-21)16(23)20-8-4-7-13(9-20)12-5-2-1-3-6-12/h1-3,5-6,10,13H,4,7-9,11H2,(H2,17,22). The van der Waals surface area contributed by atoms with Crippen LogP contribution in [0.25, 0.3) is 0 Å². The zero-order valence-electron chi connectivity index (χ0n) is 12.8. The van der Waals surface area contributed by atoms with E-state index in [1.165, 1.54) is 16.4 Å². The molecule has 7 heteroatoms. The van der Waals surface area contributed by atoms with E-state index in [9.17, 15) is 9.59 Å². The zero-order chi connectivity index (χ0) is 16.2. The van der Waals surface area contributed by atoms with Crippen LogP contribution in [-0.2, 0) is 11.3 Å². The molecule has 1 aromatic heterocycles. The average Bonchev–Trinajstić information content (AvgIpc) is 3.03. The molecule has 1 unspecified atom stereocenters. The van der Waals surface area contributed by atoms with Crippen molar-refractivity contribution in [3.8, 4) is 0 Å². The lowest BCUT2D eigenvalue weighted by molar-refractivity contribution is -0.118. The minimum absolute atomic E-state index is 0.0765. The smallest absolute Gasteiger partial charge is 0.276 e. The monoisotopic (exact) mass is 313 g/mol. The molecule has 2 aromatic rings. The Morgan fingerprint density at radius 3 is 2.78 bits per heavy atom. The van der Waals surface area contributed by atoms with Crippen LogP contribution in [0, 0.1) is 0 Å². The largest absolute Gasteiger partial charge is 0.368 e. The first-order valence-corrected chi connectivity index (χ1v) is 7.66. The number of aromatic nitrogens is 3. The second-order valence-electron chi connectivity index (χ2n) is 5.77. The molecule has 1 aliphatic rings. The number of carbonyl (C=O) groups is 2. The van der Waals surface area contributed by atoms with E-state index in [1.54, 1.807) is 4.90 Å². The summed E-state index contributed by atoms with van der Waals surface area (Å²) in [6, 6.07) is 10.2. The number of amides is 2. The second kappa shape index (κ2) is 6.60. The quantitative estimate of drug-likeness (QED) is 0.902. The molecule has 1 fully saturated rings. The van der Waals surface area contributed by atoms with Gasteiger partial charge in [-0.2, -0.15) is 0 Å². The molecule has 2 N–H and O–H groups in total. The first-order valence-electron chi connectivity index (χ1n) is 7.66. The third-order valence-electron chi connectivity index (χ3n) is 4.06. The van der Waals surface area contributed by atoms with Crippen molar-refractivity contribution in [1.82, 2.24) is 19.9 Å². The van der Waals surface area contributed by atoms with Crippen molar-refractivity contribution < 1.29 is 9.59 Å². The van der Waals surface area contributed by atoms with Crippen molar-refractivity contribution >= 4 is 11.8 Å². The number of likely N-dealkylation sites (tertiary alicyclic amines) is 1. The van der Waals surface area contributed by atoms with Crippen LogP contribution < -0.4 is 5.73 Å². The van der Waals surface area contributed by atoms with Gasteiger partial charge in [0, 0.05) is 19.0 Å². The summed E-state index contributed by atoms with van der Waals surface area (Å²) in [7, 11) is 0. The molecular formula is C16H19N5O2. The predicted octanol–water partition coefficient (Wildman–Crippen LogP) is 0.783. The third kappa shape index (κ3) is 3.56. The van der Waals surface area contributed by atoms with E-state index in [-0.39, 0.29) is 18.1 Å². The first-order chi connectivity index (χ1) is 11.1. The van der Waals surface area contributed by atoms with Crippen molar-refractivity contribution in [1.29, 1.82) is 0 Å². The Morgan fingerprint density at radius 2 is 2.04 bits per heavy atom. The highest BCUT2D eigenvalue weighted by molar-refractivity contribution is 5.92. The van der Waals surface area contributed by atoms with Crippen LogP contribution >= 0.6 is 0 Å². The molecule has 23 heavy (non-hydrogen) atoms. The Balaban J connectivity index is 1.69. The van der Waals surface area contributed by atoms with Crippen molar-refractivity contribution in [3.05, 3.63) is 47.8 Å². The number of primary amides is 1. The van der Waals surface area contributed by atoms with Gasteiger partial charge in [-0.25, -0.2) is 4.68 Å². The molecule has 0 aliphatic carbocycles. The Morgan fingerprint density at radius 1 is 1.26 bits per heavy atom. The summed E-state index contributed by atoms with van der Waals surface area (Å²) in [5, 5.41) is 7.62. The van der Waals surface area contributed by atoms with Crippen molar-refractivity contribution in [3.63, 3.8) is 0 Å². The molecule has 0 radical (unpaired) electrons. The summed E-state index contributed by atoms with van der Waals surface area (Å²) in [5.41, 5.74) is 6.61. The normalized spacial score (nSPS) is 17.9. The number of carbonyl (C=O) groups excluding carboxylic acids is 2. The molecular weight excluding hydrogens is 294 g/mol. The number of rotatable bonds is 4. The molecule has 1 aliphatic heterocycles. The van der Waals surface area contributed by atoms with Crippen molar-refractivity contribution in [2.45, 2.75) is 25.3 Å². The number of benzene rings is 1. The number of nitrogens with two attached hydrogens (primary N) is 1. The fraction of sp³-hybridized carbons (Fsp3) is 0.375. The Kier molecular flexibility index (Phi) is 4.36. The highest BCUT2D eigenvalue weighted by atomic mass is 16.2. The number of hydrogen-bond acceptors (Lipinski definition) is 4. The van der Waals surface area contributed by atoms with Gasteiger partial charge in [-0.3, -0.25) is 9.59 Å². The van der Waals surface area contributed by atoms with E-state index >= 15 is 0 Å². The lowest BCUT2D eigenvalue weighted by atomic mass is 9.90. The highest BCUT2D eigenvalue weighted by Crippen LogP contribution is 2.27. The lowest BCUT2D eigenvalue weighted by Gasteiger charge is -2.32. The Bertz CT molecular complexity index is 698. The fourth-order valence-corrected chi connectivity index (χ4v) is 2.95. The van der Waals surface area contributed by atoms with E-state index in [0.717, 1.165) is 12.8 Å². The van der Waals surface area contributed by atoms with Crippen LogP contribution in [-0.4, -0.2) is 44.8 Å². The predicted molar refractivity (Wildman–Crippen MR) is 83.5 cm³/mol. The van der Waals surface area contributed by atoms with Gasteiger partial charge in [0.2, 0.25) is 5.91 Å². The van der Waals surface area contributed by atoms with Gasteiger partial charge < -0.3 is 10.6 Å². The topological polar surface area (TPSA) is 94.1 Å². The van der Waals surface area contributed by atoms with Gasteiger partial charge in [-0.15, -0.1) is 5.10 Å². The van der Waals surface area contributed by atoms with Gasteiger partial charge >= 0.3 is 0 Å². The van der Waals surface area contributed by atoms with E-state index in [2.05, 4.69) is 22.4 Å². The second-order valence-corrected chi connectivity index (χ2v) is 5.77. The molecule has 1 atom stereocenters. The van der Waals surface area contributed by atoms with Crippen molar-refractivity contribution in [2.75, 3.05) is 13.1 Å². The average molecular weight is 313 g/mol. The molecule has 3 rings (SSSR count). The summed E-state index contributed by atoms with van der Waals surface area (Å²) < 4.78 is 1.29. The van der Waals surface area contributed by atoms with Gasteiger partial charge in [0.15, 0.2) is 5.69 Å². The first kappa shape index (κ1) is 15.2. The summed E-state index contributed by atoms with van der Waals surface area (Å²) >= 11 is 0. The third-order valence-corrected chi connectivity index (χ3v) is 4.06. The van der Waals surface area contributed by atoms with E-state index < -0.39 is 5.91 Å². The van der Waals surface area contributed by atoms with Gasteiger partial charge in [-0.1, -0.05) is 35.5 Å². The van der Waals surface area contributed by atoms with Crippen LogP contribution in [0.2, 0.25) is 0 Å². The molecule has 1 aromatic carbocycles. The van der Waals surface area contributed by atoms with Crippen LogP contribution in [0.3, 0.4) is 0 Å². The maximum atomic E-state index is 12.6. The highest BCUT2D eigenvalue weighted by Gasteiger charge is 2.27. The minimum atomic E-state index is -0.518. The fourth-order valence-electron chi connectivity index (χ4n) is 2.95. The van der Waals surface area contributed by atoms with Crippen LogP contribution in [0.1, 0.15) is 34.8 Å². The van der Waals surface area contributed by atoms with E-state index in [4.69, 9.17) is 5.73 Å². The maximum absolute atomic E-state index is 12.6. The van der Waals surface area contributed by atoms with Gasteiger partial charge in [0.1, 0.15) is 6.54 Å².